The quantitative estimate of drug-likeness (QED) is 0.621. The molecular formula is C14H20N2O2. The molecule has 0 radical (unpaired) electrons. The second-order valence-corrected chi connectivity index (χ2v) is 5.19. The molecule has 0 fully saturated rings. The number of aromatic carboxylic acids is 1. The zero-order valence-electron chi connectivity index (χ0n) is 11.2. The molecule has 1 aromatic rings. The van der Waals surface area contributed by atoms with Crippen molar-refractivity contribution >= 4 is 11.8 Å². The number of carboxylic acid groups (broad SMARTS) is 1. The SMILES string of the molecule is C=CCCNc1cc(C(=O)O)cc(C(C)(C)C)n1. The fourth-order valence-corrected chi connectivity index (χ4v) is 1.43. The molecular weight excluding hydrogens is 228 g/mol. The molecule has 4 heteroatoms. The molecule has 18 heavy (non-hydrogen) atoms. The van der Waals surface area contributed by atoms with Crippen LogP contribution in [0.3, 0.4) is 0 Å². The fraction of sp³-hybridized carbons (Fsp3) is 0.429. The largest absolute Gasteiger partial charge is 0.478 e. The standard InChI is InChI=1S/C14H20N2O2/c1-5-6-7-15-12-9-10(13(17)18)8-11(16-12)14(2,3)4/h5,8-9H,1,6-7H2,2-4H3,(H,15,16)(H,17,18). The summed E-state index contributed by atoms with van der Waals surface area (Å²) in [5.41, 5.74) is 0.847. The van der Waals surface area contributed by atoms with Crippen LogP contribution in [0.2, 0.25) is 0 Å². The zero-order valence-corrected chi connectivity index (χ0v) is 11.2. The molecule has 1 rings (SSSR count). The Hall–Kier alpha value is -1.84. The molecule has 0 saturated heterocycles. The molecule has 98 valence electrons. The van der Waals surface area contributed by atoms with E-state index in [1.54, 1.807) is 18.2 Å². The molecule has 4 nitrogen and oxygen atoms in total. The van der Waals surface area contributed by atoms with Gasteiger partial charge < -0.3 is 10.4 Å². The maximum atomic E-state index is 11.1. The molecule has 0 bridgehead atoms. The van der Waals surface area contributed by atoms with Gasteiger partial charge in [-0.15, -0.1) is 6.58 Å². The van der Waals surface area contributed by atoms with Gasteiger partial charge in [-0.25, -0.2) is 9.78 Å². The van der Waals surface area contributed by atoms with Crippen LogP contribution in [0.1, 0.15) is 43.2 Å². The summed E-state index contributed by atoms with van der Waals surface area (Å²) in [6.07, 6.45) is 2.61. The third-order valence-electron chi connectivity index (χ3n) is 2.50. The Labute approximate surface area is 108 Å². The van der Waals surface area contributed by atoms with E-state index >= 15 is 0 Å². The van der Waals surface area contributed by atoms with Gasteiger partial charge in [-0.05, 0) is 18.6 Å². The summed E-state index contributed by atoms with van der Waals surface area (Å²) >= 11 is 0. The highest BCUT2D eigenvalue weighted by molar-refractivity contribution is 5.88. The first kappa shape index (κ1) is 14.2. The molecule has 0 atom stereocenters. The summed E-state index contributed by atoms with van der Waals surface area (Å²) in [6, 6.07) is 3.18. The van der Waals surface area contributed by atoms with E-state index in [-0.39, 0.29) is 11.0 Å². The lowest BCUT2D eigenvalue weighted by molar-refractivity contribution is 0.0696. The van der Waals surface area contributed by atoms with Gasteiger partial charge >= 0.3 is 5.97 Å². The highest BCUT2D eigenvalue weighted by atomic mass is 16.4. The van der Waals surface area contributed by atoms with Gasteiger partial charge in [-0.2, -0.15) is 0 Å². The van der Waals surface area contributed by atoms with Gasteiger partial charge in [-0.1, -0.05) is 26.8 Å². The normalized spacial score (nSPS) is 11.1. The van der Waals surface area contributed by atoms with Crippen molar-refractivity contribution in [1.82, 2.24) is 4.98 Å². The van der Waals surface area contributed by atoms with Crippen LogP contribution in [0, 0.1) is 0 Å². The van der Waals surface area contributed by atoms with E-state index in [0.29, 0.717) is 12.4 Å². The van der Waals surface area contributed by atoms with Crippen molar-refractivity contribution < 1.29 is 9.90 Å². The van der Waals surface area contributed by atoms with Crippen molar-refractivity contribution in [2.45, 2.75) is 32.6 Å². The second-order valence-electron chi connectivity index (χ2n) is 5.19. The number of carboxylic acids is 1. The minimum absolute atomic E-state index is 0.180. The van der Waals surface area contributed by atoms with Crippen LogP contribution in [0.15, 0.2) is 24.8 Å². The van der Waals surface area contributed by atoms with E-state index in [4.69, 9.17) is 5.11 Å². The Bertz CT molecular complexity index is 448. The molecule has 0 saturated carbocycles. The highest BCUT2D eigenvalue weighted by Crippen LogP contribution is 2.23. The van der Waals surface area contributed by atoms with E-state index in [1.165, 1.54) is 0 Å². The van der Waals surface area contributed by atoms with E-state index in [1.807, 2.05) is 20.8 Å². The molecule has 0 aliphatic heterocycles. The molecule has 1 heterocycles. The smallest absolute Gasteiger partial charge is 0.335 e. The third kappa shape index (κ3) is 3.87. The van der Waals surface area contributed by atoms with E-state index in [0.717, 1.165) is 12.1 Å². The van der Waals surface area contributed by atoms with Crippen molar-refractivity contribution in [2.75, 3.05) is 11.9 Å². The van der Waals surface area contributed by atoms with Gasteiger partial charge in [0.05, 0.1) is 5.56 Å². The van der Waals surface area contributed by atoms with Crippen LogP contribution in [0.5, 0.6) is 0 Å². The maximum absolute atomic E-state index is 11.1. The molecule has 0 aliphatic rings. The van der Waals surface area contributed by atoms with Crippen molar-refractivity contribution in [3.05, 3.63) is 36.0 Å². The highest BCUT2D eigenvalue weighted by Gasteiger charge is 2.18. The molecule has 0 amide bonds. The lowest BCUT2D eigenvalue weighted by Crippen LogP contribution is -2.16. The number of hydrogen-bond donors (Lipinski definition) is 2. The molecule has 2 N–H and O–H groups in total. The van der Waals surface area contributed by atoms with Crippen LogP contribution in [-0.4, -0.2) is 22.6 Å². The molecule has 0 unspecified atom stereocenters. The number of rotatable bonds is 5. The van der Waals surface area contributed by atoms with Gasteiger partial charge in [0.2, 0.25) is 0 Å². The minimum atomic E-state index is -0.935. The van der Waals surface area contributed by atoms with E-state index in [9.17, 15) is 4.79 Å². The van der Waals surface area contributed by atoms with Crippen molar-refractivity contribution in [3.63, 3.8) is 0 Å². The Morgan fingerprint density at radius 1 is 1.50 bits per heavy atom. The van der Waals surface area contributed by atoms with Gasteiger partial charge in [-0.3, -0.25) is 0 Å². The first-order chi connectivity index (χ1) is 8.34. The number of aromatic nitrogens is 1. The van der Waals surface area contributed by atoms with Gasteiger partial charge in [0, 0.05) is 17.7 Å². The molecule has 0 aromatic carbocycles. The van der Waals surface area contributed by atoms with Gasteiger partial charge in [0.25, 0.3) is 0 Å². The number of hydrogen-bond acceptors (Lipinski definition) is 3. The fourth-order valence-electron chi connectivity index (χ4n) is 1.43. The van der Waals surface area contributed by atoms with Gasteiger partial charge in [0.1, 0.15) is 5.82 Å². The zero-order chi connectivity index (χ0) is 13.8. The van der Waals surface area contributed by atoms with Gasteiger partial charge in [0.15, 0.2) is 0 Å². The first-order valence-electron chi connectivity index (χ1n) is 5.95. The predicted molar refractivity (Wildman–Crippen MR) is 73.2 cm³/mol. The third-order valence-corrected chi connectivity index (χ3v) is 2.50. The molecule has 1 aromatic heterocycles. The lowest BCUT2D eigenvalue weighted by atomic mass is 9.91. The van der Waals surface area contributed by atoms with Crippen LogP contribution in [-0.2, 0) is 5.41 Å². The topological polar surface area (TPSA) is 62.2 Å². The number of pyridine rings is 1. The van der Waals surface area contributed by atoms with Crippen molar-refractivity contribution in [2.24, 2.45) is 0 Å². The average molecular weight is 248 g/mol. The van der Waals surface area contributed by atoms with Crippen molar-refractivity contribution in [1.29, 1.82) is 0 Å². The number of nitrogens with zero attached hydrogens (tertiary/aromatic N) is 1. The van der Waals surface area contributed by atoms with E-state index in [2.05, 4.69) is 16.9 Å². The predicted octanol–water partition coefficient (Wildman–Crippen LogP) is 3.07. The molecule has 0 spiro atoms. The Morgan fingerprint density at radius 2 is 2.17 bits per heavy atom. The average Bonchev–Trinajstić information content (AvgIpc) is 2.28. The van der Waals surface area contributed by atoms with Crippen LogP contribution in [0.4, 0.5) is 5.82 Å². The number of carbonyl (C=O) groups is 1. The van der Waals surface area contributed by atoms with E-state index < -0.39 is 5.97 Å². The van der Waals surface area contributed by atoms with Crippen LogP contribution in [0.25, 0.3) is 0 Å². The summed E-state index contributed by atoms with van der Waals surface area (Å²) in [4.78, 5) is 15.5. The number of anilines is 1. The Balaban J connectivity index is 3.06. The Morgan fingerprint density at radius 3 is 2.67 bits per heavy atom. The first-order valence-corrected chi connectivity index (χ1v) is 5.95. The monoisotopic (exact) mass is 248 g/mol. The van der Waals surface area contributed by atoms with Crippen LogP contribution < -0.4 is 5.32 Å². The summed E-state index contributed by atoms with van der Waals surface area (Å²) in [5, 5.41) is 12.2. The summed E-state index contributed by atoms with van der Waals surface area (Å²) in [5.74, 6) is -0.337. The maximum Gasteiger partial charge on any atom is 0.335 e. The van der Waals surface area contributed by atoms with Crippen molar-refractivity contribution in [3.8, 4) is 0 Å². The summed E-state index contributed by atoms with van der Waals surface area (Å²) in [7, 11) is 0. The van der Waals surface area contributed by atoms with Crippen LogP contribution >= 0.6 is 0 Å². The summed E-state index contributed by atoms with van der Waals surface area (Å²) in [6.45, 7) is 10.4. The molecule has 0 aliphatic carbocycles. The number of nitrogens with one attached hydrogen (secondary N) is 1. The summed E-state index contributed by atoms with van der Waals surface area (Å²) < 4.78 is 0. The second kappa shape index (κ2) is 5.67. The lowest BCUT2D eigenvalue weighted by Gasteiger charge is -2.19. The Kier molecular flexibility index (Phi) is 4.48. The minimum Gasteiger partial charge on any atom is -0.478 e.